The first-order chi connectivity index (χ1) is 22.9. The molecule has 6 N–H and O–H groups in total. The van der Waals surface area contributed by atoms with Crippen LogP contribution < -0.4 is 30.6 Å². The molecule has 10 heteroatoms. The highest BCUT2D eigenvalue weighted by Gasteiger charge is 2.24. The highest BCUT2D eigenvalue weighted by Crippen LogP contribution is 2.17. The number of rotatable bonds is 9. The highest BCUT2D eigenvalue weighted by atomic mass is 32.2. The molecule has 0 saturated carbocycles. The maximum Gasteiger partial charge on any atom is 0.238 e. The molecular formula is C37H41N5O4S. The van der Waals surface area contributed by atoms with Crippen LogP contribution >= 0.6 is 0 Å². The number of benzene rings is 4. The van der Waals surface area contributed by atoms with Gasteiger partial charge in [0.05, 0.1) is 16.7 Å². The van der Waals surface area contributed by atoms with E-state index in [0.29, 0.717) is 50.5 Å². The molecule has 4 bridgehead atoms. The van der Waals surface area contributed by atoms with Crippen molar-refractivity contribution in [2.24, 2.45) is 5.73 Å². The van der Waals surface area contributed by atoms with Gasteiger partial charge in [0.25, 0.3) is 0 Å². The molecule has 0 aromatic heterocycles. The zero-order valence-electron chi connectivity index (χ0n) is 26.2. The van der Waals surface area contributed by atoms with E-state index in [4.69, 9.17) is 20.6 Å². The Kier molecular flexibility index (Phi) is 12.3. The second-order valence-electron chi connectivity index (χ2n) is 11.4. The first-order valence-corrected chi connectivity index (χ1v) is 16.9. The first kappa shape index (κ1) is 33.6. The number of nitrogen functional groups attached to an aromatic ring is 1. The molecule has 0 saturated heterocycles. The molecule has 0 spiro atoms. The van der Waals surface area contributed by atoms with Crippen LogP contribution in [0.4, 0.5) is 0 Å². The zero-order valence-corrected chi connectivity index (χ0v) is 27.0. The summed E-state index contributed by atoms with van der Waals surface area (Å²) < 4.78 is 28.1. The van der Waals surface area contributed by atoms with E-state index in [-0.39, 0.29) is 23.5 Å². The summed E-state index contributed by atoms with van der Waals surface area (Å²) in [6, 6.07) is 31.6. The molecule has 0 aliphatic carbocycles. The van der Waals surface area contributed by atoms with Crippen molar-refractivity contribution < 1.29 is 18.5 Å². The molecule has 1 amide bonds. The molecule has 4 aliphatic heterocycles. The number of hydrogen-bond donors (Lipinski definition) is 5. The quantitative estimate of drug-likeness (QED) is 0.105. The number of amidine groups is 1. The topological polar surface area (TPSA) is 139 Å². The summed E-state index contributed by atoms with van der Waals surface area (Å²) in [5.74, 6) is 1.55. The van der Waals surface area contributed by atoms with Crippen LogP contribution in [0.5, 0.6) is 11.5 Å². The van der Waals surface area contributed by atoms with E-state index in [2.05, 4.69) is 15.4 Å². The lowest BCUT2D eigenvalue weighted by molar-refractivity contribution is -0.123. The van der Waals surface area contributed by atoms with Gasteiger partial charge >= 0.3 is 0 Å². The van der Waals surface area contributed by atoms with Crippen molar-refractivity contribution in [2.45, 2.75) is 37.2 Å². The molecule has 0 fully saturated rings. The third kappa shape index (κ3) is 10.9. The van der Waals surface area contributed by atoms with Crippen LogP contribution in [0.2, 0.25) is 0 Å². The molecule has 8 rings (SSSR count). The lowest BCUT2D eigenvalue weighted by Gasteiger charge is -2.24. The fourth-order valence-corrected chi connectivity index (χ4v) is 6.26. The monoisotopic (exact) mass is 651 g/mol. The Morgan fingerprint density at radius 2 is 1.40 bits per heavy atom. The minimum absolute atomic E-state index is 0.0283. The third-order valence-corrected chi connectivity index (χ3v) is 8.83. The number of carbonyl (C=O) groups is 1. The molecular weight excluding hydrogens is 611 g/mol. The van der Waals surface area contributed by atoms with Crippen LogP contribution in [-0.2, 0) is 40.9 Å². The molecule has 9 nitrogen and oxygen atoms in total. The third-order valence-electron chi connectivity index (χ3n) is 7.69. The lowest BCUT2D eigenvalue weighted by atomic mass is 10.0. The second-order valence-corrected chi connectivity index (χ2v) is 12.6. The number of ether oxygens (including phenoxy) is 2. The Hall–Kier alpha value is -4.77. The summed E-state index contributed by atoms with van der Waals surface area (Å²) >= 11 is 0. The van der Waals surface area contributed by atoms with E-state index in [1.54, 1.807) is 0 Å². The average molecular weight is 652 g/mol. The van der Waals surface area contributed by atoms with Gasteiger partial charge < -0.3 is 25.8 Å². The number of hydrogen-bond acceptors (Lipinski definition) is 6. The van der Waals surface area contributed by atoms with Crippen molar-refractivity contribution in [3.05, 3.63) is 143 Å². The van der Waals surface area contributed by atoms with Gasteiger partial charge in [-0.25, -0.2) is 8.93 Å². The van der Waals surface area contributed by atoms with E-state index in [1.165, 1.54) is 0 Å². The van der Waals surface area contributed by atoms with Gasteiger partial charge in [0.15, 0.2) is 0 Å². The maximum atomic E-state index is 14.0. The second kappa shape index (κ2) is 17.2. The number of nitrogens with two attached hydrogens (primary N) is 1. The summed E-state index contributed by atoms with van der Waals surface area (Å²) in [6.07, 6.45) is 4.77. The average Bonchev–Trinajstić information content (AvgIpc) is 3.07. The van der Waals surface area contributed by atoms with Crippen molar-refractivity contribution in [1.29, 1.82) is 5.41 Å². The van der Waals surface area contributed by atoms with Gasteiger partial charge in [0.2, 0.25) is 5.91 Å². The van der Waals surface area contributed by atoms with Gasteiger partial charge in [0.1, 0.15) is 36.6 Å². The van der Waals surface area contributed by atoms with E-state index in [9.17, 15) is 9.00 Å². The van der Waals surface area contributed by atoms with Crippen LogP contribution in [0.1, 0.15) is 27.8 Å². The summed E-state index contributed by atoms with van der Waals surface area (Å²) in [6.45, 7) is 1.90. The molecule has 4 aliphatic rings. The smallest absolute Gasteiger partial charge is 0.238 e. The normalized spacial score (nSPS) is 17.7. The molecule has 4 aromatic carbocycles. The predicted molar refractivity (Wildman–Crippen MR) is 187 cm³/mol. The predicted octanol–water partition coefficient (Wildman–Crippen LogP) is 4.18. The SMILES string of the molecule is N=C(N)c1ccc(CNCC2Cc3ccc(cc3)OCC=CCOc3ccc(cc3)CC(NS(=O)Cc3ccccc3)C(=O)N2)cc1. The van der Waals surface area contributed by atoms with Crippen molar-refractivity contribution in [1.82, 2.24) is 15.4 Å². The van der Waals surface area contributed by atoms with Crippen molar-refractivity contribution >= 4 is 22.7 Å². The first-order valence-electron chi connectivity index (χ1n) is 15.6. The lowest BCUT2D eigenvalue weighted by Crippen LogP contribution is -2.52. The standard InChI is InChI=1S/C37H41N5O4S/c38-36(39)31-14-8-29(9-15-31)24-40-25-32-22-27-10-16-33(17-11-27)45-20-4-5-21-46-34-18-12-28(13-19-34)23-35(37(43)41-32)42-47(44)26-30-6-2-1-3-7-30/h1-19,32,35,40,42H,20-26H2,(H3,38,39)(H,41,43). The maximum absolute atomic E-state index is 14.0. The Bertz CT molecular complexity index is 1650. The largest absolute Gasteiger partial charge is 0.490 e. The van der Waals surface area contributed by atoms with Crippen LogP contribution in [0.25, 0.3) is 0 Å². The van der Waals surface area contributed by atoms with Crippen LogP contribution in [0.3, 0.4) is 0 Å². The van der Waals surface area contributed by atoms with Gasteiger partial charge in [-0.05, 0) is 71.5 Å². The number of amides is 1. The van der Waals surface area contributed by atoms with Crippen LogP contribution in [-0.4, -0.2) is 47.8 Å². The van der Waals surface area contributed by atoms with Gasteiger partial charge in [-0.2, -0.15) is 0 Å². The summed E-state index contributed by atoms with van der Waals surface area (Å²) in [4.78, 5) is 14.0. The summed E-state index contributed by atoms with van der Waals surface area (Å²) in [7, 11) is -1.49. The molecule has 3 unspecified atom stereocenters. The van der Waals surface area contributed by atoms with Crippen molar-refractivity contribution in [2.75, 3.05) is 19.8 Å². The fraction of sp³-hybridized carbons (Fsp3) is 0.243. The fourth-order valence-electron chi connectivity index (χ4n) is 5.17. The van der Waals surface area contributed by atoms with Crippen LogP contribution in [0.15, 0.2) is 115 Å². The molecule has 4 aromatic rings. The minimum Gasteiger partial charge on any atom is -0.490 e. The van der Waals surface area contributed by atoms with Gasteiger partial charge in [-0.3, -0.25) is 10.2 Å². The Morgan fingerprint density at radius 1 is 0.809 bits per heavy atom. The molecule has 0 radical (unpaired) electrons. The van der Waals surface area contributed by atoms with E-state index in [1.807, 2.05) is 115 Å². The van der Waals surface area contributed by atoms with Gasteiger partial charge in [0, 0.05) is 24.7 Å². The number of nitrogens with one attached hydrogen (secondary N) is 4. The molecule has 3 atom stereocenters. The van der Waals surface area contributed by atoms with Crippen LogP contribution in [0, 0.1) is 5.41 Å². The van der Waals surface area contributed by atoms with Gasteiger partial charge in [-0.1, -0.05) is 78.9 Å². The Morgan fingerprint density at radius 3 is 2.00 bits per heavy atom. The highest BCUT2D eigenvalue weighted by molar-refractivity contribution is 7.82. The molecule has 4 heterocycles. The summed E-state index contributed by atoms with van der Waals surface area (Å²) in [5, 5.41) is 14.3. The molecule has 47 heavy (non-hydrogen) atoms. The van der Waals surface area contributed by atoms with E-state index < -0.39 is 17.0 Å². The van der Waals surface area contributed by atoms with Crippen molar-refractivity contribution in [3.8, 4) is 11.5 Å². The van der Waals surface area contributed by atoms with Crippen molar-refractivity contribution in [3.63, 3.8) is 0 Å². The minimum atomic E-state index is -1.49. The Labute approximate surface area is 278 Å². The zero-order chi connectivity index (χ0) is 32.8. The van der Waals surface area contributed by atoms with E-state index in [0.717, 1.165) is 28.0 Å². The number of carbonyl (C=O) groups excluding carboxylic acids is 1. The molecule has 244 valence electrons. The summed E-state index contributed by atoms with van der Waals surface area (Å²) in [5.41, 5.74) is 10.2. The van der Waals surface area contributed by atoms with Gasteiger partial charge in [-0.15, -0.1) is 0 Å². The van der Waals surface area contributed by atoms with E-state index >= 15 is 0 Å². The Balaban J connectivity index is 1.35.